The Labute approximate surface area is 191 Å². The highest BCUT2D eigenvalue weighted by Gasteiger charge is 2.35. The first-order valence-electron chi connectivity index (χ1n) is 11.9. The summed E-state index contributed by atoms with van der Waals surface area (Å²) in [5.41, 5.74) is 4.13. The van der Waals surface area contributed by atoms with Crippen molar-refractivity contribution in [2.24, 2.45) is 5.92 Å². The normalized spacial score (nSPS) is 18.6. The summed E-state index contributed by atoms with van der Waals surface area (Å²) in [7, 11) is -2.11. The fraction of sp³-hybridized carbons (Fsp3) is 0.519. The molecule has 0 radical (unpaired) electrons. The number of hydrogen-bond donors (Lipinski definition) is 0. The van der Waals surface area contributed by atoms with Crippen LogP contribution in [0.1, 0.15) is 59.8 Å². The summed E-state index contributed by atoms with van der Waals surface area (Å²) in [5, 5.41) is 0. The third-order valence-electron chi connectivity index (χ3n) is 7.00. The third kappa shape index (κ3) is 5.90. The summed E-state index contributed by atoms with van der Waals surface area (Å²) in [4.78, 5) is 14.9. The van der Waals surface area contributed by atoms with Crippen molar-refractivity contribution in [1.29, 1.82) is 0 Å². The van der Waals surface area contributed by atoms with Crippen LogP contribution >= 0.6 is 7.14 Å². The second-order valence-corrected chi connectivity index (χ2v) is 13.8. The zero-order chi connectivity index (χ0) is 22.9. The zero-order valence-corrected chi connectivity index (χ0v) is 20.4. The number of benzene rings is 2. The van der Waals surface area contributed by atoms with Gasteiger partial charge in [-0.2, -0.15) is 0 Å². The number of piperidine rings is 1. The van der Waals surface area contributed by atoms with E-state index in [1.807, 2.05) is 43.4 Å². The van der Waals surface area contributed by atoms with E-state index in [4.69, 9.17) is 0 Å². The van der Waals surface area contributed by atoms with Crippen LogP contribution in [-0.4, -0.2) is 43.4 Å². The molecule has 1 saturated heterocycles. The van der Waals surface area contributed by atoms with E-state index in [9.17, 15) is 13.8 Å². The maximum atomic E-state index is 14.3. The number of aryl methyl sites for hydroxylation is 1. The van der Waals surface area contributed by atoms with Crippen LogP contribution in [0.4, 0.5) is 4.39 Å². The minimum atomic E-state index is -2.11. The van der Waals surface area contributed by atoms with E-state index < -0.39 is 7.14 Å². The Bertz CT molecular complexity index is 1020. The molecule has 2 aromatic rings. The van der Waals surface area contributed by atoms with E-state index in [1.54, 1.807) is 12.1 Å². The number of hydrogen-bond acceptors (Lipinski definition) is 2. The van der Waals surface area contributed by atoms with Crippen LogP contribution in [0.5, 0.6) is 0 Å². The molecule has 2 fully saturated rings. The summed E-state index contributed by atoms with van der Waals surface area (Å²) in [6, 6.07) is 13.7. The van der Waals surface area contributed by atoms with Crippen LogP contribution < -0.4 is 0 Å². The minimum absolute atomic E-state index is 0.133. The fourth-order valence-electron chi connectivity index (χ4n) is 5.13. The van der Waals surface area contributed by atoms with Gasteiger partial charge in [0.2, 0.25) is 5.91 Å². The van der Waals surface area contributed by atoms with Gasteiger partial charge in [-0.25, -0.2) is 4.39 Å². The Morgan fingerprint density at radius 3 is 2.47 bits per heavy atom. The highest BCUT2D eigenvalue weighted by Crippen LogP contribution is 2.50. The highest BCUT2D eigenvalue weighted by molar-refractivity contribution is 7.62. The quantitative estimate of drug-likeness (QED) is 0.466. The zero-order valence-electron chi connectivity index (χ0n) is 19.5. The Morgan fingerprint density at radius 2 is 1.81 bits per heavy atom. The first-order valence-corrected chi connectivity index (χ1v) is 14.6. The van der Waals surface area contributed by atoms with Gasteiger partial charge in [-0.15, -0.1) is 0 Å². The lowest BCUT2D eigenvalue weighted by Crippen LogP contribution is -2.39. The number of halogens is 1. The molecule has 32 heavy (non-hydrogen) atoms. The molecule has 1 atom stereocenters. The molecule has 4 rings (SSSR count). The van der Waals surface area contributed by atoms with Gasteiger partial charge in [-0.05, 0) is 86.4 Å². The SMILES string of the molecule is Cc1ccc(F)c(C2CCN(C(=O)Cc3cccc([C@@H](CP(C)(C)=O)C4CC4)c3)CC2)c1. The molecule has 172 valence electrons. The molecule has 0 N–H and O–H groups in total. The standard InChI is InChI=1S/C27H35FNO2P/c1-19-7-10-26(28)24(15-19)22-11-13-29(14-12-22)27(30)17-20-5-4-6-23(16-20)25(21-8-9-21)18-32(2,3)31/h4-7,10,15-16,21-22,25H,8-9,11-14,17-18H2,1-3H3/t25-/m0/s1. The Morgan fingerprint density at radius 1 is 1.09 bits per heavy atom. The smallest absolute Gasteiger partial charge is 0.226 e. The molecule has 0 unspecified atom stereocenters. The van der Waals surface area contributed by atoms with E-state index >= 15 is 0 Å². The van der Waals surface area contributed by atoms with E-state index in [0.29, 0.717) is 31.3 Å². The predicted molar refractivity (Wildman–Crippen MR) is 130 cm³/mol. The van der Waals surface area contributed by atoms with Gasteiger partial charge in [-0.3, -0.25) is 4.79 Å². The molecule has 5 heteroatoms. The van der Waals surface area contributed by atoms with E-state index in [1.165, 1.54) is 18.4 Å². The molecule has 1 saturated carbocycles. The Balaban J connectivity index is 1.38. The molecule has 2 aliphatic rings. The number of likely N-dealkylation sites (tertiary alicyclic amines) is 1. The van der Waals surface area contributed by atoms with Gasteiger partial charge in [0.25, 0.3) is 0 Å². The molecule has 2 aromatic carbocycles. The van der Waals surface area contributed by atoms with Crippen molar-refractivity contribution in [3.63, 3.8) is 0 Å². The predicted octanol–water partition coefficient (Wildman–Crippen LogP) is 6.20. The topological polar surface area (TPSA) is 37.4 Å². The molecular weight excluding hydrogens is 420 g/mol. The molecule has 1 amide bonds. The van der Waals surface area contributed by atoms with E-state index in [2.05, 4.69) is 12.1 Å². The lowest BCUT2D eigenvalue weighted by Gasteiger charge is -2.32. The summed E-state index contributed by atoms with van der Waals surface area (Å²) >= 11 is 0. The number of nitrogens with zero attached hydrogens (tertiary/aromatic N) is 1. The van der Waals surface area contributed by atoms with Crippen LogP contribution in [-0.2, 0) is 15.8 Å². The molecule has 0 spiro atoms. The largest absolute Gasteiger partial charge is 0.342 e. The average molecular weight is 456 g/mol. The minimum Gasteiger partial charge on any atom is -0.342 e. The lowest BCUT2D eigenvalue weighted by atomic mass is 9.88. The van der Waals surface area contributed by atoms with Crippen LogP contribution in [0.2, 0.25) is 0 Å². The molecule has 0 aromatic heterocycles. The van der Waals surface area contributed by atoms with Crippen LogP contribution in [0.15, 0.2) is 42.5 Å². The van der Waals surface area contributed by atoms with Gasteiger partial charge in [0.1, 0.15) is 5.82 Å². The molecule has 0 bridgehead atoms. The van der Waals surface area contributed by atoms with Crippen LogP contribution in [0.25, 0.3) is 0 Å². The molecular formula is C27H35FNO2P. The summed E-state index contributed by atoms with van der Waals surface area (Å²) < 4.78 is 26.8. The van der Waals surface area contributed by atoms with Crippen molar-refractivity contribution >= 4 is 13.0 Å². The van der Waals surface area contributed by atoms with Crippen molar-refractivity contribution in [2.75, 3.05) is 32.6 Å². The van der Waals surface area contributed by atoms with Gasteiger partial charge in [0.05, 0.1) is 13.6 Å². The van der Waals surface area contributed by atoms with Gasteiger partial charge in [-0.1, -0.05) is 42.0 Å². The van der Waals surface area contributed by atoms with Gasteiger partial charge < -0.3 is 9.46 Å². The molecule has 1 aliphatic heterocycles. The first-order chi connectivity index (χ1) is 15.2. The third-order valence-corrected chi connectivity index (χ3v) is 8.27. The number of rotatable bonds is 7. The maximum absolute atomic E-state index is 14.3. The van der Waals surface area contributed by atoms with Crippen molar-refractivity contribution in [3.8, 4) is 0 Å². The van der Waals surface area contributed by atoms with Gasteiger partial charge in [0, 0.05) is 19.3 Å². The van der Waals surface area contributed by atoms with Gasteiger partial charge >= 0.3 is 0 Å². The number of carbonyl (C=O) groups excluding carboxylic acids is 1. The van der Waals surface area contributed by atoms with Crippen molar-refractivity contribution < 1.29 is 13.8 Å². The van der Waals surface area contributed by atoms with Crippen molar-refractivity contribution in [2.45, 2.75) is 50.9 Å². The summed E-state index contributed by atoms with van der Waals surface area (Å²) in [5.74, 6) is 1.16. The molecule has 3 nitrogen and oxygen atoms in total. The van der Waals surface area contributed by atoms with Crippen LogP contribution in [0.3, 0.4) is 0 Å². The highest BCUT2D eigenvalue weighted by atomic mass is 31.2. The van der Waals surface area contributed by atoms with Crippen molar-refractivity contribution in [1.82, 2.24) is 4.90 Å². The number of amides is 1. The second-order valence-electron chi connectivity index (χ2n) is 10.3. The second kappa shape index (κ2) is 9.51. The molecule has 1 aliphatic carbocycles. The Kier molecular flexibility index (Phi) is 6.91. The number of carbonyl (C=O) groups is 1. The van der Waals surface area contributed by atoms with Gasteiger partial charge in [0.15, 0.2) is 0 Å². The monoisotopic (exact) mass is 455 g/mol. The van der Waals surface area contributed by atoms with Crippen molar-refractivity contribution in [3.05, 3.63) is 70.5 Å². The lowest BCUT2D eigenvalue weighted by molar-refractivity contribution is -0.131. The maximum Gasteiger partial charge on any atom is 0.226 e. The van der Waals surface area contributed by atoms with E-state index in [-0.39, 0.29) is 17.6 Å². The average Bonchev–Trinajstić information content (AvgIpc) is 3.59. The Hall–Kier alpha value is -1.93. The van der Waals surface area contributed by atoms with E-state index in [0.717, 1.165) is 35.7 Å². The summed E-state index contributed by atoms with van der Waals surface area (Å²) in [6.45, 7) is 7.10. The fourth-order valence-corrected chi connectivity index (χ4v) is 6.59. The van der Waals surface area contributed by atoms with Crippen LogP contribution in [0, 0.1) is 18.7 Å². The first kappa shape index (κ1) is 23.2. The summed E-state index contributed by atoms with van der Waals surface area (Å²) in [6.07, 6.45) is 5.17. The molecule has 1 heterocycles.